The molecule has 0 aliphatic carbocycles. The second-order valence-electron chi connectivity index (χ2n) is 6.49. The first-order chi connectivity index (χ1) is 11.1. The molecular weight excluding hydrogens is 286 g/mol. The molecule has 3 rings (SSSR count). The highest BCUT2D eigenvalue weighted by Crippen LogP contribution is 2.32. The van der Waals surface area contributed by atoms with Gasteiger partial charge in [0.2, 0.25) is 0 Å². The minimum Gasteiger partial charge on any atom is -0.348 e. The summed E-state index contributed by atoms with van der Waals surface area (Å²) in [4.78, 5) is 24.4. The zero-order valence-electron chi connectivity index (χ0n) is 13.6. The number of amides is 1. The van der Waals surface area contributed by atoms with Crippen molar-refractivity contribution in [2.24, 2.45) is 5.92 Å². The van der Waals surface area contributed by atoms with Crippen LogP contribution < -0.4 is 5.32 Å². The predicted molar refractivity (Wildman–Crippen MR) is 91.2 cm³/mol. The van der Waals surface area contributed by atoms with E-state index in [0.717, 1.165) is 22.3 Å². The summed E-state index contributed by atoms with van der Waals surface area (Å²) in [6.45, 7) is 4.60. The van der Waals surface area contributed by atoms with Gasteiger partial charge in [-0.3, -0.25) is 9.59 Å². The number of carbonyl (C=O) groups is 2. The van der Waals surface area contributed by atoms with Crippen molar-refractivity contribution in [1.82, 2.24) is 5.32 Å². The van der Waals surface area contributed by atoms with Gasteiger partial charge in [0.25, 0.3) is 5.91 Å². The summed E-state index contributed by atoms with van der Waals surface area (Å²) in [5.74, 6) is 0.465. The average molecular weight is 307 g/mol. The van der Waals surface area contributed by atoms with Gasteiger partial charge < -0.3 is 5.32 Å². The number of fused-ring (bicyclic) bond motifs is 1. The van der Waals surface area contributed by atoms with Gasteiger partial charge in [0.1, 0.15) is 5.78 Å². The smallest absolute Gasteiger partial charge is 0.252 e. The van der Waals surface area contributed by atoms with Gasteiger partial charge in [-0.05, 0) is 28.2 Å². The predicted octanol–water partition coefficient (Wildman–Crippen LogP) is 3.75. The van der Waals surface area contributed by atoms with E-state index in [1.165, 1.54) is 0 Å². The second-order valence-corrected chi connectivity index (χ2v) is 6.49. The van der Waals surface area contributed by atoms with Gasteiger partial charge in [-0.15, -0.1) is 0 Å². The number of nitrogens with one attached hydrogen (secondary N) is 1. The standard InChI is InChI=1S/C20H21NO2/c1-13(2)10-16(22)11-15-8-9-17(14-6-4-3-5-7-14)18-12-21-20(23)19(15)18/h3-9,13H,10-12H2,1-2H3,(H,21,23). The summed E-state index contributed by atoms with van der Waals surface area (Å²) in [6.07, 6.45) is 0.889. The fourth-order valence-corrected chi connectivity index (χ4v) is 3.20. The summed E-state index contributed by atoms with van der Waals surface area (Å²) in [5, 5.41) is 2.90. The third kappa shape index (κ3) is 3.19. The Balaban J connectivity index is 2.00. The van der Waals surface area contributed by atoms with Crippen LogP contribution in [0.3, 0.4) is 0 Å². The molecule has 0 saturated carbocycles. The first-order valence-corrected chi connectivity index (χ1v) is 8.06. The Hall–Kier alpha value is -2.42. The van der Waals surface area contributed by atoms with Crippen LogP contribution in [0.2, 0.25) is 0 Å². The molecule has 0 atom stereocenters. The molecule has 3 nitrogen and oxygen atoms in total. The molecule has 118 valence electrons. The Morgan fingerprint density at radius 3 is 2.57 bits per heavy atom. The van der Waals surface area contributed by atoms with E-state index < -0.39 is 0 Å². The van der Waals surface area contributed by atoms with Crippen molar-refractivity contribution >= 4 is 11.7 Å². The largest absolute Gasteiger partial charge is 0.348 e. The van der Waals surface area contributed by atoms with Crippen LogP contribution >= 0.6 is 0 Å². The molecule has 1 aliphatic rings. The maximum absolute atomic E-state index is 12.3. The molecule has 1 heterocycles. The molecule has 1 aliphatic heterocycles. The lowest BCUT2D eigenvalue weighted by molar-refractivity contribution is -0.119. The molecule has 0 fully saturated rings. The molecule has 2 aromatic rings. The average Bonchev–Trinajstić information content (AvgIpc) is 2.90. The highest BCUT2D eigenvalue weighted by Gasteiger charge is 2.26. The second kappa shape index (κ2) is 6.37. The van der Waals surface area contributed by atoms with Gasteiger partial charge in [-0.2, -0.15) is 0 Å². The minimum absolute atomic E-state index is 0.0647. The van der Waals surface area contributed by atoms with Crippen molar-refractivity contribution in [1.29, 1.82) is 0 Å². The summed E-state index contributed by atoms with van der Waals surface area (Å²) >= 11 is 0. The maximum Gasteiger partial charge on any atom is 0.252 e. The molecule has 0 unspecified atom stereocenters. The number of rotatable bonds is 5. The van der Waals surface area contributed by atoms with Crippen LogP contribution in [0.5, 0.6) is 0 Å². The molecule has 1 N–H and O–H groups in total. The van der Waals surface area contributed by atoms with E-state index in [2.05, 4.69) is 5.32 Å². The fraction of sp³-hybridized carbons (Fsp3) is 0.300. The molecule has 2 aromatic carbocycles. The maximum atomic E-state index is 12.3. The Labute approximate surface area is 136 Å². The van der Waals surface area contributed by atoms with E-state index in [1.54, 1.807) is 0 Å². The lowest BCUT2D eigenvalue weighted by Crippen LogP contribution is -2.15. The molecular formula is C20H21NO2. The summed E-state index contributed by atoms with van der Waals surface area (Å²) < 4.78 is 0. The Morgan fingerprint density at radius 2 is 1.87 bits per heavy atom. The van der Waals surface area contributed by atoms with Crippen molar-refractivity contribution in [2.45, 2.75) is 33.2 Å². The van der Waals surface area contributed by atoms with Crippen LogP contribution in [-0.2, 0) is 17.8 Å². The van der Waals surface area contributed by atoms with E-state index in [0.29, 0.717) is 30.9 Å². The summed E-state index contributed by atoms with van der Waals surface area (Å²) in [6, 6.07) is 14.0. The first-order valence-electron chi connectivity index (χ1n) is 8.06. The number of Topliss-reactive ketones (excluding diaryl/α,β-unsaturated/α-hetero) is 1. The van der Waals surface area contributed by atoms with E-state index in [1.807, 2.05) is 56.3 Å². The van der Waals surface area contributed by atoms with Crippen LogP contribution in [0.1, 0.15) is 41.8 Å². The molecule has 0 saturated heterocycles. The van der Waals surface area contributed by atoms with E-state index in [4.69, 9.17) is 0 Å². The quantitative estimate of drug-likeness (QED) is 0.914. The third-order valence-electron chi connectivity index (χ3n) is 4.16. The number of ketones is 1. The van der Waals surface area contributed by atoms with Gasteiger partial charge in [0.15, 0.2) is 0 Å². The van der Waals surface area contributed by atoms with E-state index in [-0.39, 0.29) is 11.7 Å². The van der Waals surface area contributed by atoms with Gasteiger partial charge in [0.05, 0.1) is 0 Å². The normalized spacial score (nSPS) is 13.1. The number of benzene rings is 2. The topological polar surface area (TPSA) is 46.2 Å². The summed E-state index contributed by atoms with van der Waals surface area (Å²) in [5.41, 5.74) is 4.72. The number of carbonyl (C=O) groups excluding carboxylic acids is 2. The van der Waals surface area contributed by atoms with Gasteiger partial charge in [-0.25, -0.2) is 0 Å². The highest BCUT2D eigenvalue weighted by atomic mass is 16.2. The molecule has 0 radical (unpaired) electrons. The Kier molecular flexibility index (Phi) is 4.28. The SMILES string of the molecule is CC(C)CC(=O)Cc1ccc(-c2ccccc2)c2c1C(=O)NC2. The van der Waals surface area contributed by atoms with Gasteiger partial charge >= 0.3 is 0 Å². The van der Waals surface area contributed by atoms with Gasteiger partial charge in [0, 0.05) is 24.9 Å². The number of hydrogen-bond acceptors (Lipinski definition) is 2. The summed E-state index contributed by atoms with van der Waals surface area (Å²) in [7, 11) is 0. The molecule has 0 bridgehead atoms. The van der Waals surface area contributed by atoms with Crippen LogP contribution in [0.15, 0.2) is 42.5 Å². The minimum atomic E-state index is -0.0647. The zero-order chi connectivity index (χ0) is 16.4. The van der Waals surface area contributed by atoms with Crippen molar-refractivity contribution < 1.29 is 9.59 Å². The van der Waals surface area contributed by atoms with Crippen molar-refractivity contribution in [3.05, 3.63) is 59.2 Å². The fourth-order valence-electron chi connectivity index (χ4n) is 3.20. The highest BCUT2D eigenvalue weighted by molar-refractivity contribution is 6.03. The van der Waals surface area contributed by atoms with Crippen molar-refractivity contribution in [3.63, 3.8) is 0 Å². The molecule has 0 spiro atoms. The van der Waals surface area contributed by atoms with Crippen molar-refractivity contribution in [3.8, 4) is 11.1 Å². The van der Waals surface area contributed by atoms with Crippen LogP contribution in [0.25, 0.3) is 11.1 Å². The van der Waals surface area contributed by atoms with Crippen molar-refractivity contribution in [2.75, 3.05) is 0 Å². The lowest BCUT2D eigenvalue weighted by atomic mass is 9.90. The van der Waals surface area contributed by atoms with Crippen LogP contribution in [-0.4, -0.2) is 11.7 Å². The first kappa shape index (κ1) is 15.5. The van der Waals surface area contributed by atoms with Crippen LogP contribution in [0, 0.1) is 5.92 Å². The lowest BCUT2D eigenvalue weighted by Gasteiger charge is -2.12. The zero-order valence-corrected chi connectivity index (χ0v) is 13.6. The Bertz CT molecular complexity index is 748. The molecule has 0 aromatic heterocycles. The monoisotopic (exact) mass is 307 g/mol. The Morgan fingerprint density at radius 1 is 1.13 bits per heavy atom. The number of hydrogen-bond donors (Lipinski definition) is 1. The van der Waals surface area contributed by atoms with Gasteiger partial charge in [-0.1, -0.05) is 56.3 Å². The molecule has 1 amide bonds. The molecule has 3 heteroatoms. The van der Waals surface area contributed by atoms with E-state index >= 15 is 0 Å². The van der Waals surface area contributed by atoms with E-state index in [9.17, 15) is 9.59 Å². The molecule has 23 heavy (non-hydrogen) atoms. The third-order valence-corrected chi connectivity index (χ3v) is 4.16. The van der Waals surface area contributed by atoms with Crippen LogP contribution in [0.4, 0.5) is 0 Å².